The quantitative estimate of drug-likeness (QED) is 0.639. The summed E-state index contributed by atoms with van der Waals surface area (Å²) in [5.41, 5.74) is 1.57. The van der Waals surface area contributed by atoms with Gasteiger partial charge in [-0.1, -0.05) is 11.8 Å². The molecule has 0 radical (unpaired) electrons. The summed E-state index contributed by atoms with van der Waals surface area (Å²) in [6.45, 7) is 3.84. The molecule has 1 aliphatic heterocycles. The van der Waals surface area contributed by atoms with E-state index in [2.05, 4.69) is 10.3 Å². The molecule has 1 aromatic carbocycles. The highest BCUT2D eigenvalue weighted by Crippen LogP contribution is 2.32. The fourth-order valence-corrected chi connectivity index (χ4v) is 3.94. The third kappa shape index (κ3) is 3.96. The highest BCUT2D eigenvalue weighted by atomic mass is 32.2. The van der Waals surface area contributed by atoms with Crippen molar-refractivity contribution >= 4 is 29.3 Å². The molecule has 0 saturated heterocycles. The summed E-state index contributed by atoms with van der Waals surface area (Å²) in [5, 5.41) is 3.45. The molecule has 1 amide bonds. The van der Waals surface area contributed by atoms with Crippen LogP contribution >= 0.6 is 11.8 Å². The minimum Gasteiger partial charge on any atom is -0.462 e. The summed E-state index contributed by atoms with van der Waals surface area (Å²) in [6.07, 6.45) is 0.185. The molecule has 3 rings (SSSR count). The number of rotatable bonds is 5. The van der Waals surface area contributed by atoms with Gasteiger partial charge >= 0.3 is 5.97 Å². The van der Waals surface area contributed by atoms with Gasteiger partial charge in [0.25, 0.3) is 5.56 Å². The molecule has 0 spiro atoms. The SMILES string of the molecule is CCOC(=O)c1ccc(NC(=O)CC2CSc3nc(C)cc(=O)n32)cc1. The number of fused-ring (bicyclic) bond motifs is 1. The van der Waals surface area contributed by atoms with Crippen molar-refractivity contribution in [1.82, 2.24) is 9.55 Å². The maximum Gasteiger partial charge on any atom is 0.338 e. The number of amides is 1. The molecule has 1 atom stereocenters. The molecule has 26 heavy (non-hydrogen) atoms. The summed E-state index contributed by atoms with van der Waals surface area (Å²) >= 11 is 1.48. The van der Waals surface area contributed by atoms with Gasteiger partial charge in [0.15, 0.2) is 5.16 Å². The number of thioether (sulfide) groups is 1. The van der Waals surface area contributed by atoms with Crippen molar-refractivity contribution in [3.63, 3.8) is 0 Å². The third-order valence-electron chi connectivity index (χ3n) is 3.92. The van der Waals surface area contributed by atoms with Crippen LogP contribution in [-0.4, -0.2) is 33.8 Å². The van der Waals surface area contributed by atoms with Gasteiger partial charge in [-0.2, -0.15) is 0 Å². The van der Waals surface area contributed by atoms with Crippen molar-refractivity contribution in [2.24, 2.45) is 0 Å². The Balaban J connectivity index is 1.64. The fraction of sp³-hybridized carbons (Fsp3) is 0.333. The molecule has 8 heteroatoms. The smallest absolute Gasteiger partial charge is 0.338 e. The van der Waals surface area contributed by atoms with Gasteiger partial charge in [0.1, 0.15) is 0 Å². The number of ether oxygens (including phenoxy) is 1. The van der Waals surface area contributed by atoms with Crippen molar-refractivity contribution in [2.45, 2.75) is 31.5 Å². The number of aryl methyl sites for hydroxylation is 1. The van der Waals surface area contributed by atoms with Crippen LogP contribution in [0.4, 0.5) is 5.69 Å². The second-order valence-electron chi connectivity index (χ2n) is 5.90. The van der Waals surface area contributed by atoms with Crippen molar-refractivity contribution in [2.75, 3.05) is 17.7 Å². The van der Waals surface area contributed by atoms with E-state index in [-0.39, 0.29) is 23.9 Å². The van der Waals surface area contributed by atoms with Gasteiger partial charge in [-0.15, -0.1) is 0 Å². The van der Waals surface area contributed by atoms with Gasteiger partial charge in [-0.05, 0) is 38.1 Å². The van der Waals surface area contributed by atoms with Crippen LogP contribution in [0.1, 0.15) is 35.4 Å². The first-order valence-electron chi connectivity index (χ1n) is 8.28. The monoisotopic (exact) mass is 373 g/mol. The predicted molar refractivity (Wildman–Crippen MR) is 98.6 cm³/mol. The van der Waals surface area contributed by atoms with Crippen LogP contribution in [0.15, 0.2) is 40.3 Å². The standard InChI is InChI=1S/C18H19N3O4S/c1-3-25-17(24)12-4-6-13(7-5-12)20-15(22)9-14-10-26-18-19-11(2)8-16(23)21(14)18/h4-8,14H,3,9-10H2,1-2H3,(H,20,22). The molecule has 1 aliphatic rings. The van der Waals surface area contributed by atoms with Crippen LogP contribution in [-0.2, 0) is 9.53 Å². The molecule has 1 N–H and O–H groups in total. The molecule has 0 bridgehead atoms. The Morgan fingerprint density at radius 1 is 1.35 bits per heavy atom. The number of hydrogen-bond acceptors (Lipinski definition) is 6. The van der Waals surface area contributed by atoms with E-state index in [1.54, 1.807) is 42.7 Å². The van der Waals surface area contributed by atoms with E-state index in [1.807, 2.05) is 0 Å². The largest absolute Gasteiger partial charge is 0.462 e. The zero-order chi connectivity index (χ0) is 18.7. The Morgan fingerprint density at radius 2 is 2.08 bits per heavy atom. The fourth-order valence-electron chi connectivity index (χ4n) is 2.74. The number of nitrogens with zero attached hydrogens (tertiary/aromatic N) is 2. The lowest BCUT2D eigenvalue weighted by Crippen LogP contribution is -2.27. The second-order valence-corrected chi connectivity index (χ2v) is 6.89. The van der Waals surface area contributed by atoms with Gasteiger partial charge in [-0.25, -0.2) is 9.78 Å². The van der Waals surface area contributed by atoms with E-state index in [0.29, 0.717) is 34.5 Å². The molecule has 1 aromatic heterocycles. The molecular formula is C18H19N3O4S. The number of esters is 1. The van der Waals surface area contributed by atoms with Crippen molar-refractivity contribution in [3.8, 4) is 0 Å². The molecule has 0 aliphatic carbocycles. The highest BCUT2D eigenvalue weighted by Gasteiger charge is 2.27. The number of carbonyl (C=O) groups excluding carboxylic acids is 2. The number of aromatic nitrogens is 2. The summed E-state index contributed by atoms with van der Waals surface area (Å²) < 4.78 is 6.51. The summed E-state index contributed by atoms with van der Waals surface area (Å²) in [5.74, 6) is 0.0490. The minimum atomic E-state index is -0.396. The molecule has 136 valence electrons. The molecular weight excluding hydrogens is 354 g/mol. The van der Waals surface area contributed by atoms with Gasteiger partial charge in [0, 0.05) is 29.6 Å². The van der Waals surface area contributed by atoms with Crippen LogP contribution in [0.3, 0.4) is 0 Å². The van der Waals surface area contributed by atoms with Crippen LogP contribution in [0.25, 0.3) is 0 Å². The molecule has 2 aromatic rings. The highest BCUT2D eigenvalue weighted by molar-refractivity contribution is 7.99. The maximum absolute atomic E-state index is 12.3. The summed E-state index contributed by atoms with van der Waals surface area (Å²) in [7, 11) is 0. The van der Waals surface area contributed by atoms with Crippen LogP contribution in [0, 0.1) is 6.92 Å². The van der Waals surface area contributed by atoms with Crippen LogP contribution < -0.4 is 10.9 Å². The number of carbonyl (C=O) groups is 2. The maximum atomic E-state index is 12.3. The topological polar surface area (TPSA) is 90.3 Å². The van der Waals surface area contributed by atoms with Gasteiger partial charge in [0.2, 0.25) is 5.91 Å². The van der Waals surface area contributed by atoms with Crippen molar-refractivity contribution in [1.29, 1.82) is 0 Å². The average molecular weight is 373 g/mol. The first-order valence-corrected chi connectivity index (χ1v) is 9.26. The van der Waals surface area contributed by atoms with E-state index in [4.69, 9.17) is 4.74 Å². The Kier molecular flexibility index (Phi) is 5.41. The molecule has 1 unspecified atom stereocenters. The zero-order valence-electron chi connectivity index (χ0n) is 14.5. The minimum absolute atomic E-state index is 0.130. The van der Waals surface area contributed by atoms with Gasteiger partial charge in [0.05, 0.1) is 18.2 Å². The molecule has 0 fully saturated rings. The Hall–Kier alpha value is -2.61. The number of benzene rings is 1. The average Bonchev–Trinajstić information content (AvgIpc) is 2.98. The van der Waals surface area contributed by atoms with Crippen molar-refractivity contribution in [3.05, 3.63) is 51.9 Å². The van der Waals surface area contributed by atoms with Crippen LogP contribution in [0.5, 0.6) is 0 Å². The lowest BCUT2D eigenvalue weighted by atomic mass is 10.2. The summed E-state index contributed by atoms with van der Waals surface area (Å²) in [6, 6.07) is 7.78. The predicted octanol–water partition coefficient (Wildman–Crippen LogP) is 2.40. The number of nitrogens with one attached hydrogen (secondary N) is 1. The van der Waals surface area contributed by atoms with E-state index < -0.39 is 5.97 Å². The Bertz CT molecular complexity index is 892. The second kappa shape index (κ2) is 7.74. The van der Waals surface area contributed by atoms with E-state index >= 15 is 0 Å². The normalized spacial score (nSPS) is 15.4. The van der Waals surface area contributed by atoms with Crippen LogP contribution in [0.2, 0.25) is 0 Å². The lowest BCUT2D eigenvalue weighted by Gasteiger charge is -2.13. The number of anilines is 1. The zero-order valence-corrected chi connectivity index (χ0v) is 15.3. The molecule has 7 nitrogen and oxygen atoms in total. The third-order valence-corrected chi connectivity index (χ3v) is 5.02. The molecule has 2 heterocycles. The Labute approximate surface area is 154 Å². The van der Waals surface area contributed by atoms with E-state index in [0.717, 1.165) is 0 Å². The van der Waals surface area contributed by atoms with Gasteiger partial charge in [-0.3, -0.25) is 14.2 Å². The first-order chi connectivity index (χ1) is 12.5. The number of hydrogen-bond donors (Lipinski definition) is 1. The summed E-state index contributed by atoms with van der Waals surface area (Å²) in [4.78, 5) is 40.5. The first kappa shape index (κ1) is 18.2. The van der Waals surface area contributed by atoms with Gasteiger partial charge < -0.3 is 10.1 Å². The van der Waals surface area contributed by atoms with E-state index in [1.165, 1.54) is 17.8 Å². The van der Waals surface area contributed by atoms with Crippen molar-refractivity contribution < 1.29 is 14.3 Å². The Morgan fingerprint density at radius 3 is 2.77 bits per heavy atom. The lowest BCUT2D eigenvalue weighted by molar-refractivity contribution is -0.116. The molecule has 0 saturated carbocycles. The van der Waals surface area contributed by atoms with E-state index in [9.17, 15) is 14.4 Å².